The number of amides is 1. The first-order valence-corrected chi connectivity index (χ1v) is 6.73. The number of anilines is 1. The van der Waals surface area contributed by atoms with Crippen molar-refractivity contribution >= 4 is 17.7 Å². The Labute approximate surface area is 113 Å². The minimum Gasteiger partial charge on any atom is -0.338 e. The maximum Gasteiger partial charge on any atom is 0.327 e. The van der Waals surface area contributed by atoms with Crippen LogP contribution in [0.5, 0.6) is 0 Å². The molecule has 0 saturated carbocycles. The Morgan fingerprint density at radius 2 is 2.05 bits per heavy atom. The fourth-order valence-electron chi connectivity index (χ4n) is 2.87. The lowest BCUT2D eigenvalue weighted by molar-refractivity contribution is -0.127. The minimum atomic E-state index is -0.109. The van der Waals surface area contributed by atoms with Crippen LogP contribution in [0.1, 0.15) is 18.4 Å². The third-order valence-electron chi connectivity index (χ3n) is 4.10. The third kappa shape index (κ3) is 1.82. The highest BCUT2D eigenvalue weighted by atomic mass is 16.2. The quantitative estimate of drug-likeness (QED) is 0.727. The number of aromatic nitrogens is 2. The minimum absolute atomic E-state index is 0.109. The Kier molecular flexibility index (Phi) is 2.79. The first kappa shape index (κ1) is 12.5. The molecule has 0 radical (unpaired) electrons. The number of carbonyl (C=O) groups excluding carboxylic acids is 1. The van der Waals surface area contributed by atoms with E-state index in [9.17, 15) is 4.79 Å². The molecule has 6 heteroatoms. The summed E-state index contributed by atoms with van der Waals surface area (Å²) in [5, 5.41) is 3.31. The smallest absolute Gasteiger partial charge is 0.327 e. The maximum atomic E-state index is 12.3. The number of piperazine rings is 1. The number of hydrogen-bond donors (Lipinski definition) is 1. The molecule has 1 aromatic rings. The topological polar surface area (TPSA) is 58.1 Å². The molecule has 1 aromatic heterocycles. The lowest BCUT2D eigenvalue weighted by Gasteiger charge is -2.28. The largest absolute Gasteiger partial charge is 0.338 e. The zero-order valence-electron chi connectivity index (χ0n) is 11.7. The van der Waals surface area contributed by atoms with Crippen LogP contribution in [0.3, 0.4) is 0 Å². The van der Waals surface area contributed by atoms with Crippen molar-refractivity contribution in [2.75, 3.05) is 45.2 Å². The molecule has 0 bridgehead atoms. The van der Waals surface area contributed by atoms with Crippen molar-refractivity contribution in [3.8, 4) is 0 Å². The van der Waals surface area contributed by atoms with Crippen LogP contribution in [-0.4, -0.2) is 56.1 Å². The van der Waals surface area contributed by atoms with Gasteiger partial charge in [0, 0.05) is 32.4 Å². The van der Waals surface area contributed by atoms with E-state index in [1.807, 2.05) is 27.2 Å². The van der Waals surface area contributed by atoms with E-state index in [-0.39, 0.29) is 16.3 Å². The van der Waals surface area contributed by atoms with E-state index in [1.165, 1.54) is 0 Å². The van der Waals surface area contributed by atoms with Gasteiger partial charge < -0.3 is 10.2 Å². The van der Waals surface area contributed by atoms with Crippen LogP contribution in [0.15, 0.2) is 6.20 Å². The van der Waals surface area contributed by atoms with Crippen molar-refractivity contribution in [3.63, 3.8) is 0 Å². The number of hydrogen-bond acceptors (Lipinski definition) is 5. The Balaban J connectivity index is 2.00. The van der Waals surface area contributed by atoms with Crippen molar-refractivity contribution < 1.29 is 4.79 Å². The average Bonchev–Trinajstić information content (AvgIpc) is 2.61. The van der Waals surface area contributed by atoms with E-state index in [0.29, 0.717) is 0 Å². The molecule has 1 N–H and O–H groups in total. The fraction of sp³-hybridized carbons (Fsp3) is 0.615. The molecule has 102 valence electrons. The van der Waals surface area contributed by atoms with Gasteiger partial charge in [0.15, 0.2) is 0 Å². The Hall–Kier alpha value is -1.53. The van der Waals surface area contributed by atoms with Crippen LogP contribution in [0, 0.1) is 0 Å². The van der Waals surface area contributed by atoms with Crippen molar-refractivity contribution in [2.45, 2.75) is 12.8 Å². The molecule has 0 aliphatic carbocycles. The number of nitrogens with one attached hydrogen (secondary N) is 1. The first-order chi connectivity index (χ1) is 9.01. The Morgan fingerprint density at radius 1 is 1.37 bits per heavy atom. The monoisotopic (exact) mass is 262 g/mol. The van der Waals surface area contributed by atoms with Gasteiger partial charge in [-0.3, -0.25) is 0 Å². The molecule has 1 amide bonds. The molecule has 3 rings (SSSR count). The summed E-state index contributed by atoms with van der Waals surface area (Å²) < 4.78 is 0.220. The third-order valence-corrected chi connectivity index (χ3v) is 4.10. The second-order valence-corrected chi connectivity index (χ2v) is 5.70. The predicted molar refractivity (Wildman–Crippen MR) is 74.2 cm³/mol. The van der Waals surface area contributed by atoms with E-state index < -0.39 is 0 Å². The van der Waals surface area contributed by atoms with Gasteiger partial charge in [0.1, 0.15) is 5.92 Å². The predicted octanol–water partition coefficient (Wildman–Crippen LogP) is 0.0968. The van der Waals surface area contributed by atoms with Gasteiger partial charge >= 0.3 is 5.91 Å². The molecule has 2 aliphatic heterocycles. The van der Waals surface area contributed by atoms with Gasteiger partial charge in [0.25, 0.3) is 0 Å². The average molecular weight is 262 g/mol. The fourth-order valence-corrected chi connectivity index (χ4v) is 2.87. The molecule has 0 spiro atoms. The van der Waals surface area contributed by atoms with E-state index in [0.717, 1.165) is 43.5 Å². The zero-order valence-corrected chi connectivity index (χ0v) is 11.7. The zero-order chi connectivity index (χ0) is 13.6. The summed E-state index contributed by atoms with van der Waals surface area (Å²) in [6, 6.07) is 0. The van der Waals surface area contributed by atoms with E-state index in [1.54, 1.807) is 0 Å². The van der Waals surface area contributed by atoms with E-state index in [4.69, 9.17) is 0 Å². The SMILES string of the molecule is CC1C(=O)[N+](C)(C)c2nc(N3CCNCC3)ncc21. The number of nitrogens with zero attached hydrogens (tertiary/aromatic N) is 4. The standard InChI is InChI=1S/C13H20N5O/c1-9-10-8-15-13(17-6-4-14-5-7-17)16-11(10)18(2,3)12(9)19/h8-9,14H,4-7H2,1-3H3/q+1. The highest BCUT2D eigenvalue weighted by Crippen LogP contribution is 2.38. The van der Waals surface area contributed by atoms with Crippen LogP contribution in [0.25, 0.3) is 0 Å². The molecule has 3 heterocycles. The maximum absolute atomic E-state index is 12.3. The number of quaternary nitrogens is 1. The molecule has 6 nitrogen and oxygen atoms in total. The molecule has 19 heavy (non-hydrogen) atoms. The van der Waals surface area contributed by atoms with Gasteiger partial charge in [0.05, 0.1) is 19.7 Å². The Morgan fingerprint density at radius 3 is 2.74 bits per heavy atom. The van der Waals surface area contributed by atoms with E-state index >= 15 is 0 Å². The molecule has 2 aliphatic rings. The number of likely N-dealkylation sites (N-methyl/N-ethyl adjacent to an activating group) is 1. The van der Waals surface area contributed by atoms with Gasteiger partial charge in [-0.05, 0) is 6.92 Å². The summed E-state index contributed by atoms with van der Waals surface area (Å²) in [5.41, 5.74) is 0.967. The van der Waals surface area contributed by atoms with Gasteiger partial charge in [-0.15, -0.1) is 0 Å². The van der Waals surface area contributed by atoms with Crippen LogP contribution in [0.4, 0.5) is 11.8 Å². The number of fused-ring (bicyclic) bond motifs is 1. The number of rotatable bonds is 1. The highest BCUT2D eigenvalue weighted by Gasteiger charge is 2.47. The highest BCUT2D eigenvalue weighted by molar-refractivity contribution is 5.98. The van der Waals surface area contributed by atoms with Gasteiger partial charge in [0.2, 0.25) is 11.8 Å². The van der Waals surface area contributed by atoms with E-state index in [2.05, 4.69) is 20.2 Å². The summed E-state index contributed by atoms with van der Waals surface area (Å²) in [6.07, 6.45) is 1.83. The molecule has 1 unspecified atom stereocenters. The summed E-state index contributed by atoms with van der Waals surface area (Å²) in [6.45, 7) is 5.66. The molecule has 0 aromatic carbocycles. The second-order valence-electron chi connectivity index (χ2n) is 5.70. The molecule has 1 saturated heterocycles. The summed E-state index contributed by atoms with van der Waals surface area (Å²) in [5.74, 6) is 1.67. The van der Waals surface area contributed by atoms with Crippen molar-refractivity contribution in [3.05, 3.63) is 11.8 Å². The van der Waals surface area contributed by atoms with Gasteiger partial charge in [-0.1, -0.05) is 0 Å². The van der Waals surface area contributed by atoms with Gasteiger partial charge in [-0.25, -0.2) is 14.3 Å². The summed E-state index contributed by atoms with van der Waals surface area (Å²) in [4.78, 5) is 23.5. The van der Waals surface area contributed by atoms with Crippen molar-refractivity contribution in [1.29, 1.82) is 0 Å². The Bertz CT molecular complexity index is 522. The summed E-state index contributed by atoms with van der Waals surface area (Å²) in [7, 11) is 3.80. The second kappa shape index (κ2) is 4.25. The van der Waals surface area contributed by atoms with Crippen molar-refractivity contribution in [2.24, 2.45) is 0 Å². The molecular formula is C13H20N5O+. The lowest BCUT2D eigenvalue weighted by Crippen LogP contribution is -2.46. The number of carbonyl (C=O) groups is 1. The first-order valence-electron chi connectivity index (χ1n) is 6.73. The summed E-state index contributed by atoms with van der Waals surface area (Å²) >= 11 is 0. The van der Waals surface area contributed by atoms with Crippen LogP contribution in [0.2, 0.25) is 0 Å². The van der Waals surface area contributed by atoms with Crippen LogP contribution < -0.4 is 14.7 Å². The van der Waals surface area contributed by atoms with Crippen LogP contribution in [-0.2, 0) is 4.79 Å². The lowest BCUT2D eigenvalue weighted by atomic mass is 10.1. The normalized spacial score (nSPS) is 25.5. The molecule has 1 fully saturated rings. The van der Waals surface area contributed by atoms with Crippen molar-refractivity contribution in [1.82, 2.24) is 19.8 Å². The van der Waals surface area contributed by atoms with Gasteiger partial charge in [-0.2, -0.15) is 4.98 Å². The molecule has 1 atom stereocenters. The molecular weight excluding hydrogens is 242 g/mol. The van der Waals surface area contributed by atoms with Crippen LogP contribution >= 0.6 is 0 Å².